The van der Waals surface area contributed by atoms with Gasteiger partial charge in [0, 0.05) is 25.2 Å². The van der Waals surface area contributed by atoms with Gasteiger partial charge >= 0.3 is 42.3 Å². The van der Waals surface area contributed by atoms with Crippen LogP contribution >= 0.6 is 0 Å². The lowest BCUT2D eigenvalue weighted by atomic mass is 9.89. The molecule has 3 N–H and O–H groups in total. The molecular weight excluding hydrogens is 1300 g/mol. The Labute approximate surface area is 572 Å². The van der Waals surface area contributed by atoms with E-state index in [9.17, 15) is 28.8 Å². The van der Waals surface area contributed by atoms with Crippen LogP contribution in [-0.2, 0) is 44.6 Å². The average molecular weight is 1420 g/mol. The van der Waals surface area contributed by atoms with Crippen LogP contribution in [0.15, 0.2) is 45.5 Å². The van der Waals surface area contributed by atoms with Crippen LogP contribution in [0.2, 0.25) is 0 Å². The zero-order valence-corrected chi connectivity index (χ0v) is 61.1. The van der Waals surface area contributed by atoms with E-state index in [0.717, 1.165) is 76.5 Å². The van der Waals surface area contributed by atoms with Gasteiger partial charge in [-0.25, -0.2) is 28.9 Å². The van der Waals surface area contributed by atoms with Gasteiger partial charge in [-0.3, -0.25) is 35.2 Å². The van der Waals surface area contributed by atoms with Crippen LogP contribution in [-0.4, -0.2) is 159 Å². The number of esters is 2. The fourth-order valence-corrected chi connectivity index (χ4v) is 12.9. The molecule has 4 amide bonds. The van der Waals surface area contributed by atoms with Gasteiger partial charge in [0.05, 0.1) is 62.7 Å². The van der Waals surface area contributed by atoms with E-state index >= 15 is 0 Å². The fourth-order valence-electron chi connectivity index (χ4n) is 12.9. The highest BCUT2D eigenvalue weighted by Gasteiger charge is 2.55. The number of methoxy groups -OCH3 is 1. The molecule has 2 fully saturated rings. The smallest absolute Gasteiger partial charge is 0.437 e. The summed E-state index contributed by atoms with van der Waals surface area (Å²) < 4.78 is 42.6. The van der Waals surface area contributed by atoms with Crippen LogP contribution in [0.5, 0.6) is 5.75 Å². The molecule has 2 saturated heterocycles. The molecule has 0 bridgehead atoms. The number of guanidine groups is 3. The molecule has 22 nitrogen and oxygen atoms in total. The van der Waals surface area contributed by atoms with E-state index in [4.69, 9.17) is 33.2 Å². The Morgan fingerprint density at radius 3 is 1.83 bits per heavy atom. The largest absolute Gasteiger partial charge is 1.00 e. The molecule has 0 saturated carbocycles. The number of alkyl carbamates (subject to hydrolysis) is 2. The summed E-state index contributed by atoms with van der Waals surface area (Å²) in [7, 11) is 1.70. The van der Waals surface area contributed by atoms with Crippen LogP contribution in [0.4, 0.5) is 19.2 Å². The number of carbonyl (C=O) groups excluding carboxylic acids is 6. The molecule has 0 aromatic heterocycles. The summed E-state index contributed by atoms with van der Waals surface area (Å²) >= 11 is 0. The third-order valence-corrected chi connectivity index (χ3v) is 16.9. The Kier molecular flexibility index (Phi) is 30.4. The van der Waals surface area contributed by atoms with Crippen molar-refractivity contribution in [3.8, 4) is 5.75 Å². The topological polar surface area (TPSA) is 241 Å². The molecule has 93 heavy (non-hydrogen) atoms. The van der Waals surface area contributed by atoms with Crippen molar-refractivity contribution < 1.29 is 90.5 Å². The minimum atomic E-state index is -0.931. The highest BCUT2D eigenvalue weighted by atomic mass is 127. The molecule has 524 valence electrons. The summed E-state index contributed by atoms with van der Waals surface area (Å²) in [4.78, 5) is 96.5. The van der Waals surface area contributed by atoms with Gasteiger partial charge in [0.15, 0.2) is 0 Å². The van der Waals surface area contributed by atoms with Crippen LogP contribution in [0.3, 0.4) is 0 Å². The number of hydrogen-bond acceptors (Lipinski definition) is 16. The molecule has 6 rings (SSSR count). The maximum atomic E-state index is 14.6. The lowest BCUT2D eigenvalue weighted by molar-refractivity contribution is -0.603. The van der Waals surface area contributed by atoms with Gasteiger partial charge in [0.2, 0.25) is 11.9 Å². The summed E-state index contributed by atoms with van der Waals surface area (Å²) in [6.07, 6.45) is 18.1. The normalized spacial score (nSPS) is 20.8. The van der Waals surface area contributed by atoms with Gasteiger partial charge in [-0.2, -0.15) is 0 Å². The van der Waals surface area contributed by atoms with E-state index in [1.807, 2.05) is 12.1 Å². The lowest BCUT2D eigenvalue weighted by Crippen LogP contribution is -3.00. The minimum Gasteiger partial charge on any atom is -1.00 e. The van der Waals surface area contributed by atoms with Crippen molar-refractivity contribution in [2.75, 3.05) is 33.4 Å². The van der Waals surface area contributed by atoms with Gasteiger partial charge in [-0.15, -0.1) is 4.99 Å². The van der Waals surface area contributed by atoms with Gasteiger partial charge in [0.25, 0.3) is 0 Å². The van der Waals surface area contributed by atoms with Crippen molar-refractivity contribution in [2.24, 2.45) is 15.9 Å². The Hall–Kier alpha value is -5.88. The van der Waals surface area contributed by atoms with Crippen LogP contribution in [0.25, 0.3) is 0 Å². The first-order valence-corrected chi connectivity index (χ1v) is 34.5. The zero-order valence-electron chi connectivity index (χ0n) is 58.9. The Morgan fingerprint density at radius 2 is 1.24 bits per heavy atom. The molecule has 0 radical (unpaired) electrons. The highest BCUT2D eigenvalue weighted by molar-refractivity contribution is 6.05. The molecular formula is C70H114IN9O13. The summed E-state index contributed by atoms with van der Waals surface area (Å²) in [5, 5.41) is 8.83. The van der Waals surface area contributed by atoms with E-state index in [2.05, 4.69) is 61.4 Å². The predicted molar refractivity (Wildman–Crippen MR) is 355 cm³/mol. The molecule has 6 atom stereocenters. The van der Waals surface area contributed by atoms with E-state index in [0.29, 0.717) is 75.0 Å². The maximum Gasteiger partial charge on any atom is 0.437 e. The quantitative estimate of drug-likeness (QED) is 0.0134. The minimum absolute atomic E-state index is 0. The van der Waals surface area contributed by atoms with E-state index in [1.165, 1.54) is 61.4 Å². The molecule has 5 heterocycles. The van der Waals surface area contributed by atoms with Crippen molar-refractivity contribution in [3.63, 3.8) is 0 Å². The Morgan fingerprint density at radius 1 is 0.677 bits per heavy atom. The second-order valence-corrected chi connectivity index (χ2v) is 29.4. The number of amides is 4. The third kappa shape index (κ3) is 25.0. The first-order valence-electron chi connectivity index (χ1n) is 34.5. The predicted octanol–water partition coefficient (Wildman–Crippen LogP) is 10.6. The third-order valence-electron chi connectivity index (χ3n) is 16.9. The Bertz CT molecular complexity index is 2730. The second kappa shape index (κ2) is 36.3. The van der Waals surface area contributed by atoms with Crippen molar-refractivity contribution >= 4 is 54.2 Å². The highest BCUT2D eigenvalue weighted by Crippen LogP contribution is 2.40. The first-order chi connectivity index (χ1) is 43.5. The number of benzene rings is 1. The first kappa shape index (κ1) is 77.8. The number of allylic oxidation sites excluding steroid dienone is 1. The summed E-state index contributed by atoms with van der Waals surface area (Å²) in [5.74, 6) is 0.918. The van der Waals surface area contributed by atoms with Gasteiger partial charge < -0.3 is 62.0 Å². The molecule has 0 unspecified atom stereocenters. The van der Waals surface area contributed by atoms with Crippen LogP contribution < -0.4 is 44.7 Å². The average Bonchev–Trinajstić information content (AvgIpc) is 1.70. The lowest BCUT2D eigenvalue weighted by Gasteiger charge is -2.43. The number of nitrogens with zero attached hydrogens (tertiary/aromatic N) is 6. The van der Waals surface area contributed by atoms with Crippen molar-refractivity contribution in [1.29, 1.82) is 0 Å². The zero-order chi connectivity index (χ0) is 67.4. The van der Waals surface area contributed by atoms with Crippen molar-refractivity contribution in [2.45, 2.75) is 304 Å². The maximum absolute atomic E-state index is 14.6. The molecule has 5 aliphatic rings. The molecule has 23 heteroatoms. The van der Waals surface area contributed by atoms with E-state index in [-0.39, 0.29) is 73.0 Å². The second-order valence-electron chi connectivity index (χ2n) is 29.4. The van der Waals surface area contributed by atoms with Crippen molar-refractivity contribution in [3.05, 3.63) is 41.1 Å². The summed E-state index contributed by atoms with van der Waals surface area (Å²) in [6.45, 7) is 26.9. The fraction of sp³-hybridized carbons (Fsp3) is 0.757. The summed E-state index contributed by atoms with van der Waals surface area (Å²) in [5.41, 5.74) is -1.23. The number of ether oxygens (including phenoxy) is 7. The van der Waals surface area contributed by atoms with E-state index < -0.39 is 58.8 Å². The summed E-state index contributed by atoms with van der Waals surface area (Å²) in [6, 6.07) is 8.37. The number of unbranched alkanes of at least 4 members (excludes halogenated alkanes) is 13. The SMILES string of the molecule is CCCCCCCCC[C@@H]1C[C@@H]2CC[C@H]3[C@@H](C(=O)OCCCCCCCCC[C@@H]4C(C(=O)OCCCCN=C(NC(=O)OC(C)(C)C)NC(=O)OC(C)(C)C)=C5CCCN5/C(=N\C(=O)OC(C)(C)C)N4C(=O)OC(C)(C)C)[C@@H](C)NC(=[N+]23)N1Cc1ccc(OC)cc1.[I-]. The monoisotopic (exact) mass is 1420 g/mol. The number of halogens is 1. The molecule has 0 spiro atoms. The Balaban J connectivity index is 0.0000157. The van der Waals surface area contributed by atoms with Gasteiger partial charge in [-0.05, 0) is 165 Å². The van der Waals surface area contributed by atoms with Crippen LogP contribution in [0, 0.1) is 5.92 Å². The standard InChI is InChI=1S/C70H113N9O13.HI/c1-16-17-18-19-21-24-27-33-50-46-51-38-41-55-56(48(2)72-61(78(51)55)77(50)47-49-36-39-52(86-15)40-37-49)58(80)87-44-30-26-23-20-22-25-28-34-54-57(53-35-32-43-76(53)62(75-65(84)91-69(9,10)11)79(54)66(85)92-70(12,13)14)59(81)88-45-31-29-42-71-60(73-63(82)89-67(3,4)5)74-64(83)90-68(6,7)8;/h36-37,39-40,48,50-51,54-56H,16-35,38,41-47H2,1-15H3,(H2,71,73,74,82,83);1H/b75-62+;/t48-,50-,51+,54-,55+,56+;/m1./s1. The number of rotatable bonds is 28. The molecule has 1 aromatic carbocycles. The molecule has 1 aromatic rings. The number of nitrogens with one attached hydrogen (secondary N) is 3. The van der Waals surface area contributed by atoms with Gasteiger partial charge in [-0.1, -0.05) is 103 Å². The van der Waals surface area contributed by atoms with Crippen molar-refractivity contribution in [1.82, 2.24) is 30.7 Å². The number of fused-ring (bicyclic) bond motifs is 1. The molecule has 5 aliphatic heterocycles. The number of carbonyl (C=O) groups is 6. The van der Waals surface area contributed by atoms with Crippen LogP contribution in [0.1, 0.15) is 250 Å². The number of hydrogen-bond donors (Lipinski definition) is 3. The number of aliphatic imine (C=N–C) groups is 2. The van der Waals surface area contributed by atoms with Gasteiger partial charge in [0.1, 0.15) is 34.1 Å². The van der Waals surface area contributed by atoms with E-state index in [1.54, 1.807) is 95.1 Å². The molecule has 0 aliphatic carbocycles.